The van der Waals surface area contributed by atoms with Gasteiger partial charge in [0.25, 0.3) is 0 Å². The van der Waals surface area contributed by atoms with Crippen LogP contribution in [0.3, 0.4) is 0 Å². The minimum absolute atomic E-state index is 0.104. The summed E-state index contributed by atoms with van der Waals surface area (Å²) in [4.78, 5) is 24.6. The summed E-state index contributed by atoms with van der Waals surface area (Å²) in [6.07, 6.45) is 0.966. The Labute approximate surface area is 115 Å². The molecule has 0 saturated carbocycles. The monoisotopic (exact) mass is 282 g/mol. The molecule has 0 spiro atoms. The average molecular weight is 282 g/mol. The molecule has 1 heterocycles. The van der Waals surface area contributed by atoms with Crippen LogP contribution in [0.5, 0.6) is 0 Å². The predicted molar refractivity (Wildman–Crippen MR) is 68.6 cm³/mol. The van der Waals surface area contributed by atoms with Crippen LogP contribution in [0.15, 0.2) is 18.2 Å². The number of halogens is 2. The number of rotatable bonds is 3. The fourth-order valence-corrected chi connectivity index (χ4v) is 2.35. The molecular formula is C14H16F2N2O2. The zero-order valence-electron chi connectivity index (χ0n) is 10.9. The Morgan fingerprint density at radius 1 is 1.25 bits per heavy atom. The second kappa shape index (κ2) is 5.98. The third kappa shape index (κ3) is 3.31. The Morgan fingerprint density at radius 3 is 2.45 bits per heavy atom. The summed E-state index contributed by atoms with van der Waals surface area (Å²) in [5, 5.41) is 0. The summed E-state index contributed by atoms with van der Waals surface area (Å²) >= 11 is 0. The fraction of sp³-hybridized carbons (Fsp3) is 0.429. The van der Waals surface area contributed by atoms with Gasteiger partial charge < -0.3 is 10.6 Å². The molecule has 1 saturated heterocycles. The number of nitrogens with zero attached hydrogens (tertiary/aromatic N) is 1. The Morgan fingerprint density at radius 2 is 1.90 bits per heavy atom. The highest BCUT2D eigenvalue weighted by atomic mass is 19.1. The summed E-state index contributed by atoms with van der Waals surface area (Å²) in [7, 11) is 0. The third-order valence-electron chi connectivity index (χ3n) is 3.61. The first-order valence-corrected chi connectivity index (χ1v) is 6.48. The number of primary amides is 1. The highest BCUT2D eigenvalue weighted by Gasteiger charge is 2.26. The van der Waals surface area contributed by atoms with Crippen molar-refractivity contribution in [3.63, 3.8) is 0 Å². The van der Waals surface area contributed by atoms with Crippen molar-refractivity contribution in [1.29, 1.82) is 0 Å². The minimum Gasteiger partial charge on any atom is -0.369 e. The van der Waals surface area contributed by atoms with Crippen molar-refractivity contribution in [2.45, 2.75) is 19.3 Å². The summed E-state index contributed by atoms with van der Waals surface area (Å²) in [6.45, 7) is 0.879. The van der Waals surface area contributed by atoms with Crippen molar-refractivity contribution in [2.24, 2.45) is 11.7 Å². The van der Waals surface area contributed by atoms with E-state index in [0.29, 0.717) is 25.9 Å². The van der Waals surface area contributed by atoms with Gasteiger partial charge in [0.1, 0.15) is 11.6 Å². The molecule has 2 amide bonds. The molecule has 0 aliphatic carbocycles. The van der Waals surface area contributed by atoms with Crippen LogP contribution in [-0.2, 0) is 16.0 Å². The molecule has 0 aromatic heterocycles. The molecular weight excluding hydrogens is 266 g/mol. The van der Waals surface area contributed by atoms with E-state index in [1.54, 1.807) is 4.90 Å². The van der Waals surface area contributed by atoms with Gasteiger partial charge in [-0.15, -0.1) is 0 Å². The van der Waals surface area contributed by atoms with Crippen LogP contribution >= 0.6 is 0 Å². The zero-order chi connectivity index (χ0) is 14.7. The van der Waals surface area contributed by atoms with Gasteiger partial charge in [0, 0.05) is 25.1 Å². The SMILES string of the molecule is NC(=O)C1CCN(C(=O)Cc2ccc(F)cc2F)CC1. The molecule has 1 aromatic rings. The van der Waals surface area contributed by atoms with E-state index in [0.717, 1.165) is 12.1 Å². The number of amides is 2. The quantitative estimate of drug-likeness (QED) is 0.906. The van der Waals surface area contributed by atoms with Crippen molar-refractivity contribution < 1.29 is 18.4 Å². The predicted octanol–water partition coefficient (Wildman–Crippen LogP) is 1.23. The van der Waals surface area contributed by atoms with Crippen LogP contribution in [0, 0.1) is 17.6 Å². The highest BCUT2D eigenvalue weighted by Crippen LogP contribution is 2.18. The smallest absolute Gasteiger partial charge is 0.227 e. The first-order chi connectivity index (χ1) is 9.47. The van der Waals surface area contributed by atoms with Gasteiger partial charge in [-0.3, -0.25) is 9.59 Å². The molecule has 20 heavy (non-hydrogen) atoms. The molecule has 1 aromatic carbocycles. The van der Waals surface area contributed by atoms with Gasteiger partial charge in [-0.05, 0) is 24.5 Å². The van der Waals surface area contributed by atoms with Gasteiger partial charge in [0.05, 0.1) is 6.42 Å². The Balaban J connectivity index is 1.94. The van der Waals surface area contributed by atoms with Gasteiger partial charge in [0.15, 0.2) is 0 Å². The number of nitrogens with two attached hydrogens (primary N) is 1. The number of hydrogen-bond acceptors (Lipinski definition) is 2. The van der Waals surface area contributed by atoms with Crippen molar-refractivity contribution in [3.8, 4) is 0 Å². The highest BCUT2D eigenvalue weighted by molar-refractivity contribution is 5.80. The Kier molecular flexibility index (Phi) is 4.32. The van der Waals surface area contributed by atoms with E-state index in [-0.39, 0.29) is 29.7 Å². The normalized spacial score (nSPS) is 16.2. The lowest BCUT2D eigenvalue weighted by Crippen LogP contribution is -2.42. The van der Waals surface area contributed by atoms with Gasteiger partial charge in [-0.1, -0.05) is 6.07 Å². The first-order valence-electron chi connectivity index (χ1n) is 6.48. The molecule has 108 valence electrons. The summed E-state index contributed by atoms with van der Waals surface area (Å²) in [5.41, 5.74) is 5.39. The molecule has 6 heteroatoms. The average Bonchev–Trinajstić information content (AvgIpc) is 2.42. The van der Waals surface area contributed by atoms with E-state index in [9.17, 15) is 18.4 Å². The fourth-order valence-electron chi connectivity index (χ4n) is 2.35. The lowest BCUT2D eigenvalue weighted by molar-refractivity contribution is -0.134. The van der Waals surface area contributed by atoms with E-state index in [4.69, 9.17) is 5.73 Å². The molecule has 0 unspecified atom stereocenters. The molecule has 0 atom stereocenters. The number of carbonyl (C=O) groups excluding carboxylic acids is 2. The van der Waals surface area contributed by atoms with Crippen LogP contribution in [0.4, 0.5) is 8.78 Å². The maximum Gasteiger partial charge on any atom is 0.227 e. The van der Waals surface area contributed by atoms with Gasteiger partial charge in [0.2, 0.25) is 11.8 Å². The second-order valence-corrected chi connectivity index (χ2v) is 4.97. The largest absolute Gasteiger partial charge is 0.369 e. The van der Waals surface area contributed by atoms with Crippen LogP contribution in [0.2, 0.25) is 0 Å². The summed E-state index contributed by atoms with van der Waals surface area (Å²) in [5.74, 6) is -2.15. The standard InChI is InChI=1S/C14H16F2N2O2/c15-11-2-1-10(12(16)8-11)7-13(19)18-5-3-9(4-6-18)14(17)20/h1-2,8-9H,3-7H2,(H2,17,20). The Bertz CT molecular complexity index is 526. The van der Waals surface area contributed by atoms with Crippen LogP contribution in [0.1, 0.15) is 18.4 Å². The summed E-state index contributed by atoms with van der Waals surface area (Å²) < 4.78 is 26.3. The van der Waals surface area contributed by atoms with E-state index < -0.39 is 11.6 Å². The molecule has 2 N–H and O–H groups in total. The first kappa shape index (κ1) is 14.4. The second-order valence-electron chi connectivity index (χ2n) is 4.97. The van der Waals surface area contributed by atoms with E-state index in [1.807, 2.05) is 0 Å². The molecule has 1 fully saturated rings. The van der Waals surface area contributed by atoms with Gasteiger partial charge in [-0.25, -0.2) is 8.78 Å². The number of carbonyl (C=O) groups is 2. The lowest BCUT2D eigenvalue weighted by atomic mass is 9.96. The van der Waals surface area contributed by atoms with Crippen molar-refractivity contribution >= 4 is 11.8 Å². The lowest BCUT2D eigenvalue weighted by Gasteiger charge is -2.30. The van der Waals surface area contributed by atoms with E-state index in [1.165, 1.54) is 6.07 Å². The number of piperidine rings is 1. The van der Waals surface area contributed by atoms with Crippen LogP contribution < -0.4 is 5.73 Å². The zero-order valence-corrected chi connectivity index (χ0v) is 10.9. The van der Waals surface area contributed by atoms with Gasteiger partial charge in [-0.2, -0.15) is 0 Å². The van der Waals surface area contributed by atoms with E-state index in [2.05, 4.69) is 0 Å². The molecule has 4 nitrogen and oxygen atoms in total. The number of hydrogen-bond donors (Lipinski definition) is 1. The maximum absolute atomic E-state index is 13.5. The van der Waals surface area contributed by atoms with Gasteiger partial charge >= 0.3 is 0 Å². The van der Waals surface area contributed by atoms with Crippen molar-refractivity contribution in [1.82, 2.24) is 4.90 Å². The molecule has 0 radical (unpaired) electrons. The molecule has 0 bridgehead atoms. The minimum atomic E-state index is -0.717. The van der Waals surface area contributed by atoms with E-state index >= 15 is 0 Å². The van der Waals surface area contributed by atoms with Crippen LogP contribution in [-0.4, -0.2) is 29.8 Å². The molecule has 1 aliphatic heterocycles. The molecule has 1 aliphatic rings. The number of likely N-dealkylation sites (tertiary alicyclic amines) is 1. The topological polar surface area (TPSA) is 63.4 Å². The maximum atomic E-state index is 13.5. The van der Waals surface area contributed by atoms with Crippen molar-refractivity contribution in [3.05, 3.63) is 35.4 Å². The molecule has 2 rings (SSSR count). The van der Waals surface area contributed by atoms with Crippen LogP contribution in [0.25, 0.3) is 0 Å². The van der Waals surface area contributed by atoms with Crippen molar-refractivity contribution in [2.75, 3.05) is 13.1 Å². The Hall–Kier alpha value is -1.98. The summed E-state index contributed by atoms with van der Waals surface area (Å²) in [6, 6.07) is 3.17. The third-order valence-corrected chi connectivity index (χ3v) is 3.61. The number of benzene rings is 1.